The Morgan fingerprint density at radius 3 is 3.14 bits per heavy atom. The van der Waals surface area contributed by atoms with Crippen molar-refractivity contribution < 1.29 is 14.3 Å². The van der Waals surface area contributed by atoms with Crippen LogP contribution in [0.15, 0.2) is 24.8 Å². The molecule has 1 heterocycles. The van der Waals surface area contributed by atoms with Gasteiger partial charge in [-0.05, 0) is 12.3 Å². The quantitative estimate of drug-likeness (QED) is 0.470. The lowest BCUT2D eigenvalue weighted by Crippen LogP contribution is -2.59. The molecule has 0 N–H and O–H groups in total. The molecule has 0 bridgehead atoms. The molecule has 3 heteroatoms. The van der Waals surface area contributed by atoms with Crippen LogP contribution in [-0.2, 0) is 9.47 Å². The molecule has 3 nitrogen and oxygen atoms in total. The van der Waals surface area contributed by atoms with Crippen molar-refractivity contribution in [1.82, 2.24) is 0 Å². The molecule has 0 aromatic rings. The van der Waals surface area contributed by atoms with Gasteiger partial charge in [-0.3, -0.25) is 0 Å². The lowest BCUT2D eigenvalue weighted by molar-refractivity contribution is -0.178. The molecule has 0 aromatic heterocycles. The summed E-state index contributed by atoms with van der Waals surface area (Å²) in [5.41, 5.74) is 0. The number of ether oxygens (including phenoxy) is 2. The van der Waals surface area contributed by atoms with Crippen molar-refractivity contribution in [2.75, 3.05) is 0 Å². The molecule has 3 rings (SSSR count). The van der Waals surface area contributed by atoms with Gasteiger partial charge in [0.15, 0.2) is 0 Å². The number of hydrogen-bond acceptors (Lipinski definition) is 3. The van der Waals surface area contributed by atoms with Crippen molar-refractivity contribution in [1.29, 1.82) is 0 Å². The fourth-order valence-electron chi connectivity index (χ4n) is 2.92. The molecule has 1 saturated carbocycles. The maximum atomic E-state index is 11.1. The first-order valence-corrected chi connectivity index (χ1v) is 4.98. The molecule has 0 aromatic carbocycles. The van der Waals surface area contributed by atoms with Crippen molar-refractivity contribution in [3.05, 3.63) is 24.8 Å². The number of allylic oxidation sites excluding steroid dienone is 2. The van der Waals surface area contributed by atoms with Crippen LogP contribution in [0.2, 0.25) is 0 Å². The zero-order valence-electron chi connectivity index (χ0n) is 7.76. The van der Waals surface area contributed by atoms with E-state index in [2.05, 4.69) is 18.7 Å². The predicted octanol–water partition coefficient (Wildman–Crippen LogP) is 1.90. The molecule has 74 valence electrons. The SMILES string of the molecule is C=C[C@@H]1OC(=O)OC2C1[C@H]1C=CC[C@@H]21. The van der Waals surface area contributed by atoms with E-state index in [0.717, 1.165) is 6.42 Å². The molecular formula is C11H12O3. The van der Waals surface area contributed by atoms with Gasteiger partial charge in [-0.25, -0.2) is 4.79 Å². The van der Waals surface area contributed by atoms with Crippen LogP contribution in [-0.4, -0.2) is 18.4 Å². The van der Waals surface area contributed by atoms with E-state index in [4.69, 9.17) is 9.47 Å². The molecule has 1 saturated heterocycles. The maximum Gasteiger partial charge on any atom is 0.509 e. The van der Waals surface area contributed by atoms with Crippen LogP contribution in [0.5, 0.6) is 0 Å². The Hall–Kier alpha value is -1.25. The van der Waals surface area contributed by atoms with Crippen molar-refractivity contribution in [2.24, 2.45) is 17.8 Å². The Kier molecular flexibility index (Phi) is 1.52. The highest BCUT2D eigenvalue weighted by atomic mass is 16.7. The van der Waals surface area contributed by atoms with Crippen molar-refractivity contribution >= 4 is 6.16 Å². The van der Waals surface area contributed by atoms with E-state index in [1.165, 1.54) is 0 Å². The second kappa shape index (κ2) is 2.62. The highest BCUT2D eigenvalue weighted by Crippen LogP contribution is 2.53. The zero-order valence-corrected chi connectivity index (χ0v) is 7.76. The number of hydrogen-bond donors (Lipinski definition) is 0. The Morgan fingerprint density at radius 2 is 2.36 bits per heavy atom. The maximum absolute atomic E-state index is 11.1. The summed E-state index contributed by atoms with van der Waals surface area (Å²) < 4.78 is 10.2. The van der Waals surface area contributed by atoms with E-state index in [1.807, 2.05) is 0 Å². The second-order valence-corrected chi connectivity index (χ2v) is 4.13. The second-order valence-electron chi connectivity index (χ2n) is 4.13. The molecule has 0 amide bonds. The minimum Gasteiger partial charge on any atom is -0.430 e. The number of cyclic esters (lactones) is 1. The van der Waals surface area contributed by atoms with Crippen molar-refractivity contribution in [3.63, 3.8) is 0 Å². The minimum absolute atomic E-state index is 0.0549. The van der Waals surface area contributed by atoms with Crippen LogP contribution in [0.1, 0.15) is 6.42 Å². The van der Waals surface area contributed by atoms with Gasteiger partial charge in [-0.1, -0.05) is 24.8 Å². The Morgan fingerprint density at radius 1 is 1.50 bits per heavy atom. The summed E-state index contributed by atoms with van der Waals surface area (Å²) in [5, 5.41) is 0. The third-order valence-corrected chi connectivity index (χ3v) is 3.58. The summed E-state index contributed by atoms with van der Waals surface area (Å²) in [6.07, 6.45) is 6.47. The highest BCUT2D eigenvalue weighted by Gasteiger charge is 2.58. The average molecular weight is 192 g/mol. The number of rotatable bonds is 1. The van der Waals surface area contributed by atoms with Crippen LogP contribution < -0.4 is 0 Å². The fourth-order valence-corrected chi connectivity index (χ4v) is 2.92. The molecule has 1 aliphatic heterocycles. The van der Waals surface area contributed by atoms with Gasteiger partial charge in [0.25, 0.3) is 0 Å². The van der Waals surface area contributed by atoms with Crippen molar-refractivity contribution in [3.8, 4) is 0 Å². The lowest BCUT2D eigenvalue weighted by Gasteiger charge is -2.52. The topological polar surface area (TPSA) is 35.5 Å². The summed E-state index contributed by atoms with van der Waals surface area (Å²) in [6, 6.07) is 0. The number of carbonyl (C=O) groups is 1. The molecule has 2 fully saturated rings. The standard InChI is InChI=1S/C11H12O3/c1-2-8-9-6-4-3-5-7(6)10(9)14-11(12)13-8/h2-4,6-10H,1,5H2/t6-,7+,8-,9?,10?/m0/s1. The van der Waals surface area contributed by atoms with Crippen molar-refractivity contribution in [2.45, 2.75) is 18.6 Å². The highest BCUT2D eigenvalue weighted by molar-refractivity contribution is 5.62. The first-order valence-electron chi connectivity index (χ1n) is 4.98. The van der Waals surface area contributed by atoms with E-state index >= 15 is 0 Å². The summed E-state index contributed by atoms with van der Waals surface area (Å²) in [6.45, 7) is 3.69. The Labute approximate surface area is 82.4 Å². The van der Waals surface area contributed by atoms with Gasteiger partial charge in [0, 0.05) is 11.8 Å². The Bertz CT molecular complexity index is 320. The van der Waals surface area contributed by atoms with E-state index < -0.39 is 6.16 Å². The van der Waals surface area contributed by atoms with Gasteiger partial charge < -0.3 is 9.47 Å². The van der Waals surface area contributed by atoms with Gasteiger partial charge in [-0.15, -0.1) is 0 Å². The summed E-state index contributed by atoms with van der Waals surface area (Å²) in [4.78, 5) is 11.1. The van der Waals surface area contributed by atoms with E-state index in [1.54, 1.807) is 6.08 Å². The number of carbonyl (C=O) groups excluding carboxylic acids is 1. The van der Waals surface area contributed by atoms with E-state index in [0.29, 0.717) is 17.8 Å². The zero-order chi connectivity index (χ0) is 9.71. The molecule has 3 aliphatic rings. The smallest absolute Gasteiger partial charge is 0.430 e. The molecule has 2 unspecified atom stereocenters. The monoisotopic (exact) mass is 192 g/mol. The normalized spacial score (nSPS) is 48.3. The minimum atomic E-state index is -0.540. The first-order chi connectivity index (χ1) is 6.81. The van der Waals surface area contributed by atoms with Gasteiger partial charge in [0.1, 0.15) is 12.2 Å². The van der Waals surface area contributed by atoms with E-state index in [9.17, 15) is 4.79 Å². The van der Waals surface area contributed by atoms with Crippen LogP contribution in [0.25, 0.3) is 0 Å². The molecular weight excluding hydrogens is 180 g/mol. The van der Waals surface area contributed by atoms with Crippen LogP contribution in [0.4, 0.5) is 4.79 Å². The van der Waals surface area contributed by atoms with Gasteiger partial charge in [-0.2, -0.15) is 0 Å². The van der Waals surface area contributed by atoms with Gasteiger partial charge >= 0.3 is 6.16 Å². The van der Waals surface area contributed by atoms with Crippen LogP contribution >= 0.6 is 0 Å². The first kappa shape index (κ1) is 8.09. The summed E-state index contributed by atoms with van der Waals surface area (Å²) >= 11 is 0. The molecule has 2 aliphatic carbocycles. The largest absolute Gasteiger partial charge is 0.509 e. The molecule has 5 atom stereocenters. The third kappa shape index (κ3) is 0.846. The summed E-state index contributed by atoms with van der Waals surface area (Å²) in [5.74, 6) is 1.32. The number of fused-ring (bicyclic) bond motifs is 4. The molecule has 0 spiro atoms. The Balaban J connectivity index is 1.87. The molecule has 0 radical (unpaired) electrons. The average Bonchev–Trinajstić information content (AvgIpc) is 2.58. The van der Waals surface area contributed by atoms with E-state index in [-0.39, 0.29) is 12.2 Å². The predicted molar refractivity (Wildman–Crippen MR) is 49.6 cm³/mol. The van der Waals surface area contributed by atoms with Gasteiger partial charge in [0.05, 0.1) is 0 Å². The summed E-state index contributed by atoms with van der Waals surface area (Å²) in [7, 11) is 0. The lowest BCUT2D eigenvalue weighted by atomic mass is 9.61. The molecule has 14 heavy (non-hydrogen) atoms. The van der Waals surface area contributed by atoms with Gasteiger partial charge in [0.2, 0.25) is 0 Å². The van der Waals surface area contributed by atoms with Crippen LogP contribution in [0, 0.1) is 17.8 Å². The van der Waals surface area contributed by atoms with Crippen LogP contribution in [0.3, 0.4) is 0 Å². The fraction of sp³-hybridized carbons (Fsp3) is 0.545. The third-order valence-electron chi connectivity index (χ3n) is 3.58.